The first-order valence-electron chi connectivity index (χ1n) is 12.5. The summed E-state index contributed by atoms with van der Waals surface area (Å²) in [5, 5.41) is 9.80. The molecule has 0 fully saturated rings. The molecule has 1 amide bonds. The van der Waals surface area contributed by atoms with Gasteiger partial charge in [-0.1, -0.05) is 103 Å². The third-order valence-electron chi connectivity index (χ3n) is 5.63. The first-order valence-corrected chi connectivity index (χ1v) is 12.5. The highest BCUT2D eigenvalue weighted by molar-refractivity contribution is 5.89. The van der Waals surface area contributed by atoms with Crippen molar-refractivity contribution in [3.63, 3.8) is 0 Å². The van der Waals surface area contributed by atoms with Crippen LogP contribution in [0.3, 0.4) is 0 Å². The molecule has 0 saturated carbocycles. The number of carbonyl (C=O) groups excluding carboxylic acids is 3. The Kier molecular flexibility index (Phi) is 19.5. The normalized spacial score (nSPS) is 11.9. The highest BCUT2D eigenvalue weighted by Crippen LogP contribution is 2.14. The van der Waals surface area contributed by atoms with E-state index < -0.39 is 30.4 Å². The number of hydrogen-bond donors (Lipinski definition) is 1. The number of likely N-dealkylation sites (N-methyl/N-ethyl adjacent to an activating group) is 1. The number of carbonyl (C=O) groups is 3. The molecule has 6 nitrogen and oxygen atoms in total. The summed E-state index contributed by atoms with van der Waals surface area (Å²) in [6.45, 7) is 3.92. The van der Waals surface area contributed by atoms with Crippen LogP contribution < -0.4 is 0 Å². The van der Waals surface area contributed by atoms with Gasteiger partial charge in [-0.05, 0) is 6.42 Å². The van der Waals surface area contributed by atoms with Crippen molar-refractivity contribution in [3.05, 3.63) is 0 Å². The number of ether oxygens (including phenoxy) is 1. The number of amides is 1. The number of rotatable bonds is 20. The topological polar surface area (TPSA) is 83.9 Å². The largest absolute Gasteiger partial charge is 0.393 e. The number of hydrogen-bond acceptors (Lipinski definition) is 5. The van der Waals surface area contributed by atoms with E-state index in [1.165, 1.54) is 88.4 Å². The monoisotopic (exact) mass is 441 g/mol. The first kappa shape index (κ1) is 29.6. The molecule has 31 heavy (non-hydrogen) atoms. The fourth-order valence-corrected chi connectivity index (χ4v) is 3.71. The Hall–Kier alpha value is -1.43. The van der Waals surface area contributed by atoms with Crippen molar-refractivity contribution < 1.29 is 24.2 Å². The average Bonchev–Trinajstić information content (AvgIpc) is 2.71. The Morgan fingerprint density at radius 3 is 1.52 bits per heavy atom. The minimum absolute atomic E-state index is 0.498. The van der Waals surface area contributed by atoms with E-state index in [-0.39, 0.29) is 0 Å². The van der Waals surface area contributed by atoms with E-state index in [9.17, 15) is 19.5 Å². The van der Waals surface area contributed by atoms with Crippen LogP contribution in [-0.4, -0.2) is 47.5 Å². The van der Waals surface area contributed by atoms with Gasteiger partial charge in [-0.3, -0.25) is 14.4 Å². The molecule has 1 atom stereocenters. The predicted molar refractivity (Wildman–Crippen MR) is 125 cm³/mol. The zero-order chi connectivity index (χ0) is 23.3. The van der Waals surface area contributed by atoms with Crippen LogP contribution in [0.4, 0.5) is 0 Å². The second-order valence-electron chi connectivity index (χ2n) is 8.75. The van der Waals surface area contributed by atoms with E-state index in [0.29, 0.717) is 6.54 Å². The number of aliphatic hydroxyl groups is 1. The van der Waals surface area contributed by atoms with E-state index in [1.54, 1.807) is 7.05 Å². The lowest BCUT2D eigenvalue weighted by Gasteiger charge is -2.20. The number of unbranched alkanes of at least 4 members (excludes halogenated alkanes) is 15. The minimum Gasteiger partial charge on any atom is -0.393 e. The van der Waals surface area contributed by atoms with Crippen LogP contribution >= 0.6 is 0 Å². The molecule has 0 aliphatic rings. The smallest absolute Gasteiger partial charge is 0.316 e. The highest BCUT2D eigenvalue weighted by atomic mass is 16.6. The van der Waals surface area contributed by atoms with E-state index in [1.807, 2.05) is 0 Å². The maximum atomic E-state index is 12.0. The van der Waals surface area contributed by atoms with Gasteiger partial charge in [-0.15, -0.1) is 0 Å². The van der Waals surface area contributed by atoms with Crippen molar-refractivity contribution in [2.75, 3.05) is 13.6 Å². The Morgan fingerprint density at radius 2 is 1.13 bits per heavy atom. The van der Waals surface area contributed by atoms with Gasteiger partial charge in [0.25, 0.3) is 5.91 Å². The predicted octanol–water partition coefficient (Wildman–Crippen LogP) is 5.55. The van der Waals surface area contributed by atoms with Crippen LogP contribution in [0.1, 0.15) is 123 Å². The fourth-order valence-electron chi connectivity index (χ4n) is 3.71. The minimum atomic E-state index is -1.46. The zero-order valence-corrected chi connectivity index (χ0v) is 20.3. The van der Waals surface area contributed by atoms with Crippen LogP contribution in [0.25, 0.3) is 0 Å². The molecule has 1 unspecified atom stereocenters. The van der Waals surface area contributed by atoms with Crippen LogP contribution in [0.15, 0.2) is 0 Å². The molecule has 1 N–H and O–H groups in total. The molecule has 0 aromatic carbocycles. The number of nitrogens with zero attached hydrogens (tertiary/aromatic N) is 1. The second kappa shape index (κ2) is 20.5. The summed E-state index contributed by atoms with van der Waals surface area (Å²) < 4.78 is 4.34. The summed E-state index contributed by atoms with van der Waals surface area (Å²) >= 11 is 0. The van der Waals surface area contributed by atoms with Gasteiger partial charge >= 0.3 is 11.9 Å². The third kappa shape index (κ3) is 19.0. The molecule has 0 aromatic rings. The molecular weight excluding hydrogens is 394 g/mol. The van der Waals surface area contributed by atoms with Gasteiger partial charge in [0.1, 0.15) is 6.10 Å². The quantitative estimate of drug-likeness (QED) is 0.152. The maximum Gasteiger partial charge on any atom is 0.316 e. The molecule has 0 radical (unpaired) electrons. The average molecular weight is 442 g/mol. The Morgan fingerprint density at radius 1 is 0.742 bits per heavy atom. The summed E-state index contributed by atoms with van der Waals surface area (Å²) in [5.41, 5.74) is 0. The summed E-state index contributed by atoms with van der Waals surface area (Å²) in [6, 6.07) is 0. The van der Waals surface area contributed by atoms with Crippen LogP contribution in [-0.2, 0) is 19.1 Å². The third-order valence-corrected chi connectivity index (χ3v) is 5.63. The highest BCUT2D eigenvalue weighted by Gasteiger charge is 2.23. The van der Waals surface area contributed by atoms with Crippen molar-refractivity contribution >= 4 is 17.8 Å². The van der Waals surface area contributed by atoms with Crippen molar-refractivity contribution in [1.29, 1.82) is 0 Å². The van der Waals surface area contributed by atoms with Gasteiger partial charge in [0.2, 0.25) is 0 Å². The zero-order valence-electron chi connectivity index (χ0n) is 20.3. The van der Waals surface area contributed by atoms with Crippen LogP contribution in [0, 0.1) is 0 Å². The van der Waals surface area contributed by atoms with Crippen molar-refractivity contribution in [2.45, 2.75) is 129 Å². The summed E-state index contributed by atoms with van der Waals surface area (Å²) in [6.07, 6.45) is 18.8. The lowest BCUT2D eigenvalue weighted by Crippen LogP contribution is -2.38. The first-order chi connectivity index (χ1) is 14.9. The van der Waals surface area contributed by atoms with E-state index in [2.05, 4.69) is 11.7 Å². The molecule has 0 saturated heterocycles. The van der Waals surface area contributed by atoms with E-state index >= 15 is 0 Å². The molecule has 6 heteroatoms. The van der Waals surface area contributed by atoms with Gasteiger partial charge in [0.15, 0.2) is 0 Å². The molecule has 0 bridgehead atoms. The van der Waals surface area contributed by atoms with Crippen molar-refractivity contribution in [1.82, 2.24) is 4.90 Å². The lowest BCUT2D eigenvalue weighted by atomic mass is 10.0. The molecule has 0 aromatic heterocycles. The molecule has 0 aliphatic heterocycles. The van der Waals surface area contributed by atoms with Gasteiger partial charge in [-0.2, -0.15) is 0 Å². The van der Waals surface area contributed by atoms with Gasteiger partial charge in [0.05, 0.1) is 6.42 Å². The van der Waals surface area contributed by atoms with Crippen LogP contribution in [0.5, 0.6) is 0 Å². The summed E-state index contributed by atoms with van der Waals surface area (Å²) in [7, 11) is 1.62. The molecule has 0 rings (SSSR count). The van der Waals surface area contributed by atoms with Gasteiger partial charge in [-0.25, -0.2) is 0 Å². The molecular formula is C25H47NO5. The summed E-state index contributed by atoms with van der Waals surface area (Å²) in [5.74, 6) is -2.14. The molecule has 182 valence electrons. The second-order valence-corrected chi connectivity index (χ2v) is 8.75. The molecule has 0 aliphatic carbocycles. The van der Waals surface area contributed by atoms with E-state index in [4.69, 9.17) is 0 Å². The lowest BCUT2D eigenvalue weighted by molar-refractivity contribution is -0.161. The van der Waals surface area contributed by atoms with Gasteiger partial charge < -0.3 is 14.7 Å². The SMILES string of the molecule is CCCCCCCCCCCCCCCCCCN(C)C(=O)C(O)CC(=O)OC(C)=O. The standard InChI is InChI=1S/C25H47NO5/c1-4-5-6-7-8-9-10-11-12-13-14-15-16-17-18-19-20-26(3)25(30)23(28)21-24(29)31-22(2)27/h23,28H,4-21H2,1-3H3. The van der Waals surface area contributed by atoms with Crippen molar-refractivity contribution in [2.24, 2.45) is 0 Å². The molecule has 0 spiro atoms. The maximum absolute atomic E-state index is 12.0. The van der Waals surface area contributed by atoms with Crippen molar-refractivity contribution in [3.8, 4) is 0 Å². The van der Waals surface area contributed by atoms with Crippen LogP contribution in [0.2, 0.25) is 0 Å². The summed E-state index contributed by atoms with van der Waals surface area (Å²) in [4.78, 5) is 35.5. The van der Waals surface area contributed by atoms with E-state index in [0.717, 1.165) is 26.2 Å². The Bertz CT molecular complexity index is 481. The Labute approximate surface area is 190 Å². The number of aliphatic hydroxyl groups excluding tert-OH is 1. The molecule has 0 heterocycles. The number of esters is 2. The van der Waals surface area contributed by atoms with Gasteiger partial charge in [0, 0.05) is 20.5 Å². The fraction of sp³-hybridized carbons (Fsp3) is 0.880. The Balaban J connectivity index is 3.48.